The molecule has 0 aliphatic carbocycles. The predicted octanol–water partition coefficient (Wildman–Crippen LogP) is 4.44. The van der Waals surface area contributed by atoms with Crippen molar-refractivity contribution in [3.8, 4) is 22.9 Å². The minimum atomic E-state index is -0.340. The lowest BCUT2D eigenvalue weighted by atomic mass is 9.98. The molecule has 190 valence electrons. The maximum atomic E-state index is 13.6. The van der Waals surface area contributed by atoms with Gasteiger partial charge in [0.25, 0.3) is 0 Å². The molecule has 2 saturated heterocycles. The fraction of sp³-hybridized carbons (Fsp3) is 0.444. The number of halogens is 1. The summed E-state index contributed by atoms with van der Waals surface area (Å²) in [5, 5.41) is 4.06. The van der Waals surface area contributed by atoms with Crippen LogP contribution in [0.1, 0.15) is 49.1 Å². The summed E-state index contributed by atoms with van der Waals surface area (Å²) in [5.41, 5.74) is 1.57. The fourth-order valence-corrected chi connectivity index (χ4v) is 5.32. The van der Waals surface area contributed by atoms with Gasteiger partial charge >= 0.3 is 0 Å². The van der Waals surface area contributed by atoms with Crippen LogP contribution in [0.5, 0.6) is 11.5 Å². The van der Waals surface area contributed by atoms with Crippen molar-refractivity contribution in [2.75, 3.05) is 40.4 Å². The zero-order chi connectivity index (χ0) is 25.1. The predicted molar refractivity (Wildman–Crippen MR) is 131 cm³/mol. The zero-order valence-electron chi connectivity index (χ0n) is 20.7. The number of carbonyl (C=O) groups is 1. The highest BCUT2D eigenvalue weighted by molar-refractivity contribution is 5.79. The smallest absolute Gasteiger partial charge is 0.237 e. The molecule has 5 rings (SSSR count). The van der Waals surface area contributed by atoms with Gasteiger partial charge in [0, 0.05) is 24.2 Å². The van der Waals surface area contributed by atoms with E-state index in [1.54, 1.807) is 26.4 Å². The second-order valence-electron chi connectivity index (χ2n) is 9.39. The van der Waals surface area contributed by atoms with Gasteiger partial charge in [0.2, 0.25) is 17.6 Å². The van der Waals surface area contributed by atoms with E-state index in [4.69, 9.17) is 14.0 Å². The van der Waals surface area contributed by atoms with E-state index >= 15 is 0 Å². The molecule has 0 bridgehead atoms. The van der Waals surface area contributed by atoms with E-state index in [0.717, 1.165) is 55.8 Å². The highest BCUT2D eigenvalue weighted by Crippen LogP contribution is 2.39. The molecule has 8 nitrogen and oxygen atoms in total. The van der Waals surface area contributed by atoms with E-state index < -0.39 is 0 Å². The van der Waals surface area contributed by atoms with Crippen molar-refractivity contribution >= 4 is 5.91 Å². The van der Waals surface area contributed by atoms with Crippen molar-refractivity contribution in [3.05, 3.63) is 59.7 Å². The summed E-state index contributed by atoms with van der Waals surface area (Å²) in [6.45, 7) is 2.57. The van der Waals surface area contributed by atoms with Crippen LogP contribution in [-0.4, -0.2) is 66.2 Å². The molecular formula is C27H31FN4O4. The van der Waals surface area contributed by atoms with E-state index in [1.807, 2.05) is 23.1 Å². The van der Waals surface area contributed by atoms with E-state index in [2.05, 4.69) is 15.0 Å². The molecule has 0 N–H and O–H groups in total. The number of hydrogen-bond acceptors (Lipinski definition) is 7. The van der Waals surface area contributed by atoms with Crippen LogP contribution in [0.3, 0.4) is 0 Å². The average molecular weight is 495 g/mol. The first-order valence-corrected chi connectivity index (χ1v) is 12.4. The van der Waals surface area contributed by atoms with Crippen LogP contribution in [0.2, 0.25) is 0 Å². The SMILES string of the molecule is COc1ccc(OC)c(C2CCCN2C(=O)CN2CCCC(c3nc(-c4cccc(F)c4)no3)C2)c1. The Balaban J connectivity index is 1.26. The lowest BCUT2D eigenvalue weighted by Gasteiger charge is -2.33. The van der Waals surface area contributed by atoms with Gasteiger partial charge in [-0.15, -0.1) is 0 Å². The van der Waals surface area contributed by atoms with E-state index in [-0.39, 0.29) is 23.7 Å². The first-order chi connectivity index (χ1) is 17.6. The number of rotatable bonds is 7. The standard InChI is InChI=1S/C27H31FN4O4/c1-34-21-10-11-24(35-2)22(15-21)23-9-5-13-32(23)25(33)17-31-12-4-7-19(16-31)27-29-26(30-36-27)18-6-3-8-20(28)14-18/h3,6,8,10-11,14-15,19,23H,4-5,7,9,12-13,16-17H2,1-2H3. The van der Waals surface area contributed by atoms with Gasteiger partial charge < -0.3 is 18.9 Å². The van der Waals surface area contributed by atoms with Gasteiger partial charge in [0.1, 0.15) is 17.3 Å². The number of nitrogens with zero attached hydrogens (tertiary/aromatic N) is 4. The molecular weight excluding hydrogens is 463 g/mol. The summed E-state index contributed by atoms with van der Waals surface area (Å²) in [5.74, 6) is 2.23. The molecule has 2 aliphatic rings. The number of piperidine rings is 1. The summed E-state index contributed by atoms with van der Waals surface area (Å²) in [6, 6.07) is 11.9. The summed E-state index contributed by atoms with van der Waals surface area (Å²) >= 11 is 0. The Bertz CT molecular complexity index is 1220. The molecule has 36 heavy (non-hydrogen) atoms. The number of benzene rings is 2. The van der Waals surface area contributed by atoms with Gasteiger partial charge in [-0.25, -0.2) is 4.39 Å². The zero-order valence-corrected chi connectivity index (χ0v) is 20.7. The van der Waals surface area contributed by atoms with E-state index in [0.29, 0.717) is 30.4 Å². The highest BCUT2D eigenvalue weighted by atomic mass is 19.1. The number of likely N-dealkylation sites (tertiary alicyclic amines) is 2. The molecule has 2 aliphatic heterocycles. The van der Waals surface area contributed by atoms with Crippen LogP contribution in [-0.2, 0) is 4.79 Å². The van der Waals surface area contributed by atoms with Crippen molar-refractivity contribution in [2.45, 2.75) is 37.6 Å². The molecule has 3 aromatic rings. The largest absolute Gasteiger partial charge is 0.497 e. The fourth-order valence-electron chi connectivity index (χ4n) is 5.32. The summed E-state index contributed by atoms with van der Waals surface area (Å²) in [6.07, 6.45) is 3.68. The van der Waals surface area contributed by atoms with Gasteiger partial charge in [-0.1, -0.05) is 17.3 Å². The molecule has 2 atom stereocenters. The van der Waals surface area contributed by atoms with Gasteiger partial charge in [-0.2, -0.15) is 4.98 Å². The number of hydrogen-bond donors (Lipinski definition) is 0. The maximum absolute atomic E-state index is 13.6. The molecule has 2 unspecified atom stereocenters. The first-order valence-electron chi connectivity index (χ1n) is 12.4. The minimum absolute atomic E-state index is 0.0343. The van der Waals surface area contributed by atoms with Crippen LogP contribution in [0, 0.1) is 5.82 Å². The average Bonchev–Trinajstić information content (AvgIpc) is 3.59. The van der Waals surface area contributed by atoms with E-state index in [1.165, 1.54) is 12.1 Å². The van der Waals surface area contributed by atoms with Crippen molar-refractivity contribution < 1.29 is 23.2 Å². The number of aromatic nitrogens is 2. The second kappa shape index (κ2) is 10.7. The molecule has 0 saturated carbocycles. The topological polar surface area (TPSA) is 80.9 Å². The van der Waals surface area contributed by atoms with Gasteiger partial charge in [-0.3, -0.25) is 9.69 Å². The molecule has 3 heterocycles. The number of methoxy groups -OCH3 is 2. The molecule has 1 amide bonds. The van der Waals surface area contributed by atoms with Crippen LogP contribution in [0.15, 0.2) is 47.0 Å². The van der Waals surface area contributed by atoms with Gasteiger partial charge in [-0.05, 0) is 62.6 Å². The molecule has 0 spiro atoms. The highest BCUT2D eigenvalue weighted by Gasteiger charge is 2.34. The lowest BCUT2D eigenvalue weighted by molar-refractivity contribution is -0.133. The third-order valence-corrected chi connectivity index (χ3v) is 7.11. The van der Waals surface area contributed by atoms with Gasteiger partial charge in [0.15, 0.2) is 0 Å². The molecule has 9 heteroatoms. The van der Waals surface area contributed by atoms with Crippen LogP contribution < -0.4 is 9.47 Å². The number of ether oxygens (including phenoxy) is 2. The Morgan fingerprint density at radius 1 is 1.11 bits per heavy atom. The summed E-state index contributed by atoms with van der Waals surface area (Å²) < 4.78 is 30.1. The molecule has 2 aromatic carbocycles. The van der Waals surface area contributed by atoms with Crippen LogP contribution >= 0.6 is 0 Å². The molecule has 2 fully saturated rings. The maximum Gasteiger partial charge on any atom is 0.237 e. The van der Waals surface area contributed by atoms with Crippen molar-refractivity contribution in [2.24, 2.45) is 0 Å². The summed E-state index contributed by atoms with van der Waals surface area (Å²) in [7, 11) is 3.29. The Morgan fingerprint density at radius 2 is 1.97 bits per heavy atom. The quantitative estimate of drug-likeness (QED) is 0.480. The summed E-state index contributed by atoms with van der Waals surface area (Å²) in [4.78, 5) is 22.1. The third-order valence-electron chi connectivity index (χ3n) is 7.11. The Kier molecular flexibility index (Phi) is 7.18. The monoisotopic (exact) mass is 494 g/mol. The Labute approximate surface area is 210 Å². The minimum Gasteiger partial charge on any atom is -0.497 e. The third kappa shape index (κ3) is 5.06. The Morgan fingerprint density at radius 3 is 2.78 bits per heavy atom. The van der Waals surface area contributed by atoms with Crippen LogP contribution in [0.25, 0.3) is 11.4 Å². The van der Waals surface area contributed by atoms with Gasteiger partial charge in [0.05, 0.1) is 32.7 Å². The van der Waals surface area contributed by atoms with Crippen LogP contribution in [0.4, 0.5) is 4.39 Å². The number of amides is 1. The number of carbonyl (C=O) groups excluding carboxylic acids is 1. The van der Waals surface area contributed by atoms with Crippen molar-refractivity contribution in [3.63, 3.8) is 0 Å². The second-order valence-corrected chi connectivity index (χ2v) is 9.39. The van der Waals surface area contributed by atoms with E-state index in [9.17, 15) is 9.18 Å². The molecule has 0 radical (unpaired) electrons. The normalized spacial score (nSPS) is 20.5. The Hall–Kier alpha value is -3.46. The molecule has 1 aromatic heterocycles. The van der Waals surface area contributed by atoms with Crippen molar-refractivity contribution in [1.29, 1.82) is 0 Å². The van der Waals surface area contributed by atoms with Crippen molar-refractivity contribution in [1.82, 2.24) is 19.9 Å². The first kappa shape index (κ1) is 24.2. The lowest BCUT2D eigenvalue weighted by Crippen LogP contribution is -2.43.